The summed E-state index contributed by atoms with van der Waals surface area (Å²) in [6.45, 7) is 5.38. The molecule has 104 valence electrons. The molecule has 0 bridgehead atoms. The summed E-state index contributed by atoms with van der Waals surface area (Å²) >= 11 is 0. The smallest absolute Gasteiger partial charge is 0.176 e. The number of methoxy groups -OCH3 is 1. The maximum Gasteiger partial charge on any atom is 0.176 e. The molecular formula is C16H23NO2. The Bertz CT molecular complexity index is 518. The predicted octanol–water partition coefficient (Wildman–Crippen LogP) is 4.28. The van der Waals surface area contributed by atoms with Gasteiger partial charge in [0.15, 0.2) is 11.3 Å². The third-order valence-corrected chi connectivity index (χ3v) is 3.40. The highest BCUT2D eigenvalue weighted by molar-refractivity contribution is 5.83. The Labute approximate surface area is 114 Å². The fourth-order valence-corrected chi connectivity index (χ4v) is 2.22. The van der Waals surface area contributed by atoms with Crippen molar-refractivity contribution in [3.05, 3.63) is 30.0 Å². The third-order valence-electron chi connectivity index (χ3n) is 3.40. The van der Waals surface area contributed by atoms with E-state index >= 15 is 0 Å². The van der Waals surface area contributed by atoms with Crippen LogP contribution in [0.2, 0.25) is 0 Å². The van der Waals surface area contributed by atoms with E-state index < -0.39 is 0 Å². The van der Waals surface area contributed by atoms with Gasteiger partial charge in [-0.15, -0.1) is 0 Å². The van der Waals surface area contributed by atoms with Gasteiger partial charge in [-0.3, -0.25) is 0 Å². The summed E-state index contributed by atoms with van der Waals surface area (Å²) in [5.41, 5.74) is 0.835. The van der Waals surface area contributed by atoms with Crippen LogP contribution in [-0.4, -0.2) is 13.7 Å². The van der Waals surface area contributed by atoms with Crippen molar-refractivity contribution >= 4 is 11.0 Å². The summed E-state index contributed by atoms with van der Waals surface area (Å²) in [6, 6.07) is 8.28. The maximum atomic E-state index is 5.92. The Morgan fingerprint density at radius 3 is 2.89 bits per heavy atom. The Morgan fingerprint density at radius 2 is 2.16 bits per heavy atom. The van der Waals surface area contributed by atoms with Crippen LogP contribution in [0.4, 0.5) is 0 Å². The molecule has 1 aromatic carbocycles. The van der Waals surface area contributed by atoms with Gasteiger partial charge in [-0.05, 0) is 32.0 Å². The van der Waals surface area contributed by atoms with E-state index in [1.165, 1.54) is 19.3 Å². The zero-order valence-electron chi connectivity index (χ0n) is 12.0. The van der Waals surface area contributed by atoms with Crippen LogP contribution in [0.25, 0.3) is 11.0 Å². The molecule has 0 aliphatic heterocycles. The number of ether oxygens (including phenoxy) is 1. The number of para-hydroxylation sites is 1. The maximum absolute atomic E-state index is 5.92. The Kier molecular flexibility index (Phi) is 4.86. The second-order valence-electron chi connectivity index (χ2n) is 4.91. The largest absolute Gasteiger partial charge is 0.493 e. The van der Waals surface area contributed by atoms with Crippen molar-refractivity contribution in [1.29, 1.82) is 0 Å². The molecule has 19 heavy (non-hydrogen) atoms. The first-order chi connectivity index (χ1) is 9.26. The predicted molar refractivity (Wildman–Crippen MR) is 78.7 cm³/mol. The lowest BCUT2D eigenvalue weighted by molar-refractivity contribution is 0.399. The highest BCUT2D eigenvalue weighted by Gasteiger charge is 2.13. The molecule has 3 nitrogen and oxygen atoms in total. The van der Waals surface area contributed by atoms with Gasteiger partial charge >= 0.3 is 0 Å². The van der Waals surface area contributed by atoms with Gasteiger partial charge in [-0.25, -0.2) is 0 Å². The number of nitrogens with one attached hydrogen (secondary N) is 1. The van der Waals surface area contributed by atoms with Gasteiger partial charge in [-0.2, -0.15) is 0 Å². The van der Waals surface area contributed by atoms with E-state index in [4.69, 9.17) is 9.15 Å². The minimum absolute atomic E-state index is 0.231. The van der Waals surface area contributed by atoms with Crippen LogP contribution in [0.5, 0.6) is 5.75 Å². The zero-order valence-corrected chi connectivity index (χ0v) is 12.0. The van der Waals surface area contributed by atoms with Gasteiger partial charge < -0.3 is 14.5 Å². The molecule has 1 unspecified atom stereocenters. The summed E-state index contributed by atoms with van der Waals surface area (Å²) in [7, 11) is 1.67. The molecule has 0 saturated carbocycles. The van der Waals surface area contributed by atoms with E-state index in [-0.39, 0.29) is 6.04 Å². The van der Waals surface area contributed by atoms with Crippen LogP contribution in [0.1, 0.15) is 44.9 Å². The molecule has 0 spiro atoms. The lowest BCUT2D eigenvalue weighted by Crippen LogP contribution is -2.19. The van der Waals surface area contributed by atoms with Crippen molar-refractivity contribution in [3.8, 4) is 5.75 Å². The Balaban J connectivity index is 2.08. The second kappa shape index (κ2) is 6.62. The number of hydrogen-bond acceptors (Lipinski definition) is 3. The number of furan rings is 1. The fourth-order valence-electron chi connectivity index (χ4n) is 2.22. The van der Waals surface area contributed by atoms with Gasteiger partial charge in [0.05, 0.1) is 13.2 Å². The highest BCUT2D eigenvalue weighted by Crippen LogP contribution is 2.30. The second-order valence-corrected chi connectivity index (χ2v) is 4.91. The number of benzene rings is 1. The van der Waals surface area contributed by atoms with E-state index in [0.29, 0.717) is 0 Å². The Hall–Kier alpha value is -1.48. The molecule has 1 heterocycles. The van der Waals surface area contributed by atoms with Crippen molar-refractivity contribution in [2.45, 2.75) is 39.2 Å². The van der Waals surface area contributed by atoms with Gasteiger partial charge in [0.1, 0.15) is 5.76 Å². The topological polar surface area (TPSA) is 34.4 Å². The highest BCUT2D eigenvalue weighted by atomic mass is 16.5. The number of hydrogen-bond donors (Lipinski definition) is 1. The standard InChI is InChI=1S/C16H23NO2/c1-4-5-6-10-17-12(2)15-11-13-8-7-9-14(18-3)16(13)19-15/h7-9,11-12,17H,4-6,10H2,1-3H3. The van der Waals surface area contributed by atoms with E-state index in [1.54, 1.807) is 7.11 Å². The van der Waals surface area contributed by atoms with Crippen LogP contribution >= 0.6 is 0 Å². The molecule has 0 radical (unpaired) electrons. The van der Waals surface area contributed by atoms with Crippen molar-refractivity contribution in [2.24, 2.45) is 0 Å². The molecule has 0 amide bonds. The van der Waals surface area contributed by atoms with Gasteiger partial charge in [0, 0.05) is 5.39 Å². The zero-order chi connectivity index (χ0) is 13.7. The van der Waals surface area contributed by atoms with Crippen LogP contribution in [0.3, 0.4) is 0 Å². The van der Waals surface area contributed by atoms with Crippen molar-refractivity contribution in [1.82, 2.24) is 5.32 Å². The normalized spacial score (nSPS) is 12.8. The number of fused-ring (bicyclic) bond motifs is 1. The van der Waals surface area contributed by atoms with Gasteiger partial charge in [-0.1, -0.05) is 31.9 Å². The lowest BCUT2D eigenvalue weighted by atomic mass is 10.2. The van der Waals surface area contributed by atoms with E-state index in [2.05, 4.69) is 31.3 Å². The minimum Gasteiger partial charge on any atom is -0.493 e. The van der Waals surface area contributed by atoms with Crippen LogP contribution in [0.15, 0.2) is 28.7 Å². The van der Waals surface area contributed by atoms with E-state index in [1.807, 2.05) is 12.1 Å². The lowest BCUT2D eigenvalue weighted by Gasteiger charge is -2.10. The molecule has 1 N–H and O–H groups in total. The molecule has 0 aliphatic rings. The van der Waals surface area contributed by atoms with Crippen LogP contribution < -0.4 is 10.1 Å². The third kappa shape index (κ3) is 3.29. The average Bonchev–Trinajstić information content (AvgIpc) is 2.87. The van der Waals surface area contributed by atoms with Crippen molar-refractivity contribution in [3.63, 3.8) is 0 Å². The monoisotopic (exact) mass is 261 g/mol. The molecule has 3 heteroatoms. The molecular weight excluding hydrogens is 238 g/mol. The van der Waals surface area contributed by atoms with Crippen molar-refractivity contribution in [2.75, 3.05) is 13.7 Å². The first-order valence-corrected chi connectivity index (χ1v) is 7.06. The number of rotatable bonds is 7. The Morgan fingerprint density at radius 1 is 1.32 bits per heavy atom. The minimum atomic E-state index is 0.231. The van der Waals surface area contributed by atoms with Gasteiger partial charge in [0.25, 0.3) is 0 Å². The quantitative estimate of drug-likeness (QED) is 0.755. The van der Waals surface area contributed by atoms with E-state index in [9.17, 15) is 0 Å². The van der Waals surface area contributed by atoms with E-state index in [0.717, 1.165) is 29.0 Å². The first kappa shape index (κ1) is 13.9. The molecule has 2 aromatic rings. The molecule has 2 rings (SSSR count). The molecule has 1 aromatic heterocycles. The fraction of sp³-hybridized carbons (Fsp3) is 0.500. The molecule has 1 atom stereocenters. The SMILES string of the molecule is CCCCCNC(C)c1cc2cccc(OC)c2o1. The summed E-state index contributed by atoms with van der Waals surface area (Å²) in [4.78, 5) is 0. The summed E-state index contributed by atoms with van der Waals surface area (Å²) in [5.74, 6) is 1.76. The summed E-state index contributed by atoms with van der Waals surface area (Å²) in [6.07, 6.45) is 3.73. The average molecular weight is 261 g/mol. The first-order valence-electron chi connectivity index (χ1n) is 7.06. The molecule has 0 aliphatic carbocycles. The van der Waals surface area contributed by atoms with Gasteiger partial charge in [0.2, 0.25) is 0 Å². The van der Waals surface area contributed by atoms with Crippen LogP contribution in [-0.2, 0) is 0 Å². The van der Waals surface area contributed by atoms with Crippen molar-refractivity contribution < 1.29 is 9.15 Å². The summed E-state index contributed by atoms with van der Waals surface area (Å²) < 4.78 is 11.2. The van der Waals surface area contributed by atoms with Crippen LogP contribution in [0, 0.1) is 0 Å². The summed E-state index contributed by atoms with van der Waals surface area (Å²) in [5, 5.41) is 4.59. The molecule has 0 saturated heterocycles. The number of unbranched alkanes of at least 4 members (excludes halogenated alkanes) is 2. The molecule has 0 fully saturated rings.